The zero-order chi connectivity index (χ0) is 54.2. The van der Waals surface area contributed by atoms with Gasteiger partial charge < -0.3 is 27.9 Å². The van der Waals surface area contributed by atoms with Crippen molar-refractivity contribution >= 4 is 19.8 Å². The summed E-state index contributed by atoms with van der Waals surface area (Å²) in [6.07, 6.45) is 66.2. The van der Waals surface area contributed by atoms with E-state index in [1.165, 1.54) is 283 Å². The van der Waals surface area contributed by atoms with E-state index in [0.717, 1.165) is 32.1 Å². The Morgan fingerprint density at radius 2 is 0.608 bits per heavy atom. The number of esters is 2. The second-order valence-electron chi connectivity index (χ2n) is 23.9. The van der Waals surface area contributed by atoms with Crippen LogP contribution in [-0.4, -0.2) is 70.0 Å². The maximum atomic E-state index is 12.8. The number of phosphoric ester groups is 1. The Morgan fingerprint density at radius 3 is 0.865 bits per heavy atom. The molecule has 0 spiro atoms. The molecule has 0 aromatic carbocycles. The summed E-state index contributed by atoms with van der Waals surface area (Å²) in [7, 11) is 1.19. The van der Waals surface area contributed by atoms with Gasteiger partial charge in [-0.05, 0) is 12.8 Å². The van der Waals surface area contributed by atoms with Crippen molar-refractivity contribution in [2.24, 2.45) is 0 Å². The number of ether oxygens (including phenoxy) is 2. The maximum Gasteiger partial charge on any atom is 0.306 e. The first-order valence-electron chi connectivity index (χ1n) is 32.7. The number of unbranched alkanes of at least 4 members (excludes halogenated alkanes) is 48. The molecule has 2 atom stereocenters. The van der Waals surface area contributed by atoms with Gasteiger partial charge in [-0.1, -0.05) is 322 Å². The quantitative estimate of drug-likeness (QED) is 0.0256. The second kappa shape index (κ2) is 56.7. The van der Waals surface area contributed by atoms with Crippen molar-refractivity contribution in [3.8, 4) is 0 Å². The third-order valence-electron chi connectivity index (χ3n) is 15.1. The molecule has 0 bridgehead atoms. The fourth-order valence-electron chi connectivity index (χ4n) is 10.1. The van der Waals surface area contributed by atoms with Crippen molar-refractivity contribution in [1.29, 1.82) is 0 Å². The fourth-order valence-corrected chi connectivity index (χ4v) is 10.8. The van der Waals surface area contributed by atoms with Gasteiger partial charge in [0.15, 0.2) is 6.10 Å². The molecule has 0 aliphatic rings. The molecule has 9 nitrogen and oxygen atoms in total. The third kappa shape index (κ3) is 60.2. The summed E-state index contributed by atoms with van der Waals surface area (Å²) < 4.78 is 34.2. The van der Waals surface area contributed by atoms with Crippen LogP contribution in [0.15, 0.2) is 0 Å². The molecule has 0 aliphatic heterocycles. The summed E-state index contributed by atoms with van der Waals surface area (Å²) in [4.78, 5) is 37.8. The number of hydrogen-bond donors (Lipinski definition) is 0. The minimum atomic E-state index is -4.63. The minimum absolute atomic E-state index is 0.0251. The average Bonchev–Trinajstić information content (AvgIpc) is 3.36. The Morgan fingerprint density at radius 1 is 0.365 bits per heavy atom. The average molecular weight is 1070 g/mol. The number of carbonyl (C=O) groups is 2. The molecule has 0 aromatic heterocycles. The van der Waals surface area contributed by atoms with Crippen LogP contribution in [0.3, 0.4) is 0 Å². The van der Waals surface area contributed by atoms with Gasteiger partial charge >= 0.3 is 11.9 Å². The van der Waals surface area contributed by atoms with E-state index in [2.05, 4.69) is 13.8 Å². The first-order chi connectivity index (χ1) is 36.0. The molecule has 0 aromatic rings. The highest BCUT2D eigenvalue weighted by molar-refractivity contribution is 7.45. The van der Waals surface area contributed by atoms with Crippen LogP contribution in [0.4, 0.5) is 0 Å². The van der Waals surface area contributed by atoms with Gasteiger partial charge in [0.1, 0.15) is 19.8 Å². The van der Waals surface area contributed by atoms with Gasteiger partial charge in [-0.15, -0.1) is 0 Å². The van der Waals surface area contributed by atoms with E-state index in [-0.39, 0.29) is 32.0 Å². The number of rotatable bonds is 62. The van der Waals surface area contributed by atoms with Crippen molar-refractivity contribution in [3.05, 3.63) is 0 Å². The van der Waals surface area contributed by atoms with Crippen molar-refractivity contribution in [2.45, 2.75) is 354 Å². The molecule has 2 unspecified atom stereocenters. The molecule has 0 radical (unpaired) electrons. The smallest absolute Gasteiger partial charge is 0.306 e. The summed E-state index contributed by atoms with van der Waals surface area (Å²) in [6, 6.07) is 0. The molecule has 0 amide bonds. The van der Waals surface area contributed by atoms with Crippen LogP contribution in [0.25, 0.3) is 0 Å². The number of nitrogens with zero attached hydrogens (tertiary/aromatic N) is 1. The van der Waals surface area contributed by atoms with Crippen LogP contribution in [0.2, 0.25) is 0 Å². The Hall–Kier alpha value is -0.990. The Balaban J connectivity index is 3.87. The number of carbonyl (C=O) groups excluding carboxylic acids is 2. The second-order valence-corrected chi connectivity index (χ2v) is 25.3. The fraction of sp³-hybridized carbons (Fsp3) is 0.969. The van der Waals surface area contributed by atoms with Crippen LogP contribution in [-0.2, 0) is 32.7 Å². The van der Waals surface area contributed by atoms with Crippen LogP contribution in [0.1, 0.15) is 348 Å². The molecule has 0 heterocycles. The predicted octanol–water partition coefficient (Wildman–Crippen LogP) is 20.0. The number of quaternary nitrogens is 1. The Labute approximate surface area is 461 Å². The summed E-state index contributed by atoms with van der Waals surface area (Å²) in [5.74, 6) is -0.810. The first-order valence-corrected chi connectivity index (χ1v) is 34.2. The van der Waals surface area contributed by atoms with Crippen molar-refractivity contribution in [2.75, 3.05) is 47.5 Å². The molecular weight excluding hydrogens is 942 g/mol. The van der Waals surface area contributed by atoms with Crippen LogP contribution < -0.4 is 4.89 Å². The van der Waals surface area contributed by atoms with Gasteiger partial charge in [0.05, 0.1) is 27.7 Å². The molecule has 0 aliphatic carbocycles. The Kier molecular flexibility index (Phi) is 56.0. The largest absolute Gasteiger partial charge is 0.756 e. The highest BCUT2D eigenvalue weighted by Crippen LogP contribution is 2.38. The van der Waals surface area contributed by atoms with E-state index >= 15 is 0 Å². The summed E-state index contributed by atoms with van der Waals surface area (Å²) in [5, 5.41) is 0. The van der Waals surface area contributed by atoms with Gasteiger partial charge in [-0.25, -0.2) is 0 Å². The lowest BCUT2D eigenvalue weighted by atomic mass is 10.0. The predicted molar refractivity (Wildman–Crippen MR) is 315 cm³/mol. The lowest BCUT2D eigenvalue weighted by Gasteiger charge is -2.28. The van der Waals surface area contributed by atoms with E-state index < -0.39 is 26.5 Å². The normalized spacial score (nSPS) is 13.1. The van der Waals surface area contributed by atoms with Gasteiger partial charge in [-0.2, -0.15) is 0 Å². The molecule has 10 heteroatoms. The number of likely N-dealkylation sites (N-methyl/N-ethyl adjacent to an activating group) is 1. The van der Waals surface area contributed by atoms with Gasteiger partial charge in [-0.3, -0.25) is 14.2 Å². The maximum absolute atomic E-state index is 12.8. The highest BCUT2D eigenvalue weighted by Gasteiger charge is 2.22. The first kappa shape index (κ1) is 73.0. The zero-order valence-corrected chi connectivity index (χ0v) is 51.2. The van der Waals surface area contributed by atoms with Crippen molar-refractivity contribution < 1.29 is 42.1 Å². The third-order valence-corrected chi connectivity index (χ3v) is 16.1. The van der Waals surface area contributed by atoms with Crippen LogP contribution >= 0.6 is 7.82 Å². The Bertz CT molecular complexity index is 1210. The summed E-state index contributed by atoms with van der Waals surface area (Å²) in [5.41, 5.74) is 0. The SMILES string of the molecule is CCCCCCCCCCCCCCCCCCCCCCCCCCCCCCCCCCCCCCC(=O)OC(COC(=O)CCCCCCCCCCCCCCCC)COP(=O)([O-])OCC[N+](C)(C)C. The van der Waals surface area contributed by atoms with Crippen LogP contribution in [0, 0.1) is 0 Å². The van der Waals surface area contributed by atoms with Gasteiger partial charge in [0.25, 0.3) is 7.82 Å². The molecular formula is C64H128NO8P. The van der Waals surface area contributed by atoms with Crippen molar-refractivity contribution in [1.82, 2.24) is 0 Å². The van der Waals surface area contributed by atoms with Gasteiger partial charge in [0.2, 0.25) is 0 Å². The van der Waals surface area contributed by atoms with E-state index in [0.29, 0.717) is 17.4 Å². The van der Waals surface area contributed by atoms with E-state index in [9.17, 15) is 19.0 Å². The van der Waals surface area contributed by atoms with E-state index in [1.54, 1.807) is 0 Å². The monoisotopic (exact) mass is 1070 g/mol. The zero-order valence-electron chi connectivity index (χ0n) is 50.3. The standard InChI is InChI=1S/C64H128NO8P/c1-6-8-10-12-14-16-18-20-22-23-24-25-26-27-28-29-30-31-32-33-34-35-36-37-38-39-40-41-42-43-45-47-49-51-53-55-57-64(67)73-62(61-72-74(68,69)71-59-58-65(3,4)5)60-70-63(66)56-54-52-50-48-46-44-21-19-17-15-13-11-9-7-2/h62H,6-61H2,1-5H3. The molecule has 0 fully saturated rings. The molecule has 0 saturated carbocycles. The highest BCUT2D eigenvalue weighted by atomic mass is 31.2. The lowest BCUT2D eigenvalue weighted by molar-refractivity contribution is -0.870. The van der Waals surface area contributed by atoms with Crippen molar-refractivity contribution in [3.63, 3.8) is 0 Å². The molecule has 0 N–H and O–H groups in total. The van der Waals surface area contributed by atoms with E-state index in [1.807, 2.05) is 21.1 Å². The molecule has 0 rings (SSSR count). The molecule has 0 saturated heterocycles. The van der Waals surface area contributed by atoms with Gasteiger partial charge in [0, 0.05) is 12.8 Å². The minimum Gasteiger partial charge on any atom is -0.756 e. The molecule has 74 heavy (non-hydrogen) atoms. The summed E-state index contributed by atoms with van der Waals surface area (Å²) in [6.45, 7) is 4.31. The number of hydrogen-bond acceptors (Lipinski definition) is 8. The topological polar surface area (TPSA) is 111 Å². The number of phosphoric acid groups is 1. The van der Waals surface area contributed by atoms with Crippen LogP contribution in [0.5, 0.6) is 0 Å². The molecule has 442 valence electrons. The summed E-state index contributed by atoms with van der Waals surface area (Å²) >= 11 is 0. The lowest BCUT2D eigenvalue weighted by Crippen LogP contribution is -2.37. The van der Waals surface area contributed by atoms with E-state index in [4.69, 9.17) is 18.5 Å².